The number of ether oxygens (including phenoxy) is 2. The molecule has 2 N–H and O–H groups in total. The summed E-state index contributed by atoms with van der Waals surface area (Å²) in [5.41, 5.74) is 4.22. The highest BCUT2D eigenvalue weighted by Gasteiger charge is 2.32. The van der Waals surface area contributed by atoms with Crippen LogP contribution in [0.2, 0.25) is 0 Å². The van der Waals surface area contributed by atoms with Gasteiger partial charge in [-0.05, 0) is 116 Å². The van der Waals surface area contributed by atoms with E-state index in [0.29, 0.717) is 5.75 Å². The normalized spacial score (nSPS) is 20.6. The maximum atomic E-state index is 10.3. The summed E-state index contributed by atoms with van der Waals surface area (Å²) in [5, 5.41) is 20.1. The standard InChI is InChI=1S/C28H44O4/c1-20(10-8-11-21(2)13-14-25(30)27(4,5)31-7)12-9-16-28(6)17-15-23-19-24(29)18-22(3)26(23)32-28/h11-12,18-19,25,29-30H,8-10,13-17H2,1-7H3/b20-12+,21-11+/t25?,28-/m1/s1. The van der Waals surface area contributed by atoms with Crippen LogP contribution in [0.25, 0.3) is 0 Å². The van der Waals surface area contributed by atoms with Crippen LogP contribution in [0.4, 0.5) is 0 Å². The first-order valence-electron chi connectivity index (χ1n) is 12.0. The second-order valence-corrected chi connectivity index (χ2v) is 10.3. The highest BCUT2D eigenvalue weighted by atomic mass is 16.5. The van der Waals surface area contributed by atoms with Gasteiger partial charge in [0.05, 0.1) is 11.7 Å². The van der Waals surface area contributed by atoms with Crippen LogP contribution < -0.4 is 4.74 Å². The molecular formula is C28H44O4. The molecule has 0 amide bonds. The van der Waals surface area contributed by atoms with Gasteiger partial charge >= 0.3 is 0 Å². The van der Waals surface area contributed by atoms with Crippen molar-refractivity contribution in [2.45, 2.75) is 110 Å². The highest BCUT2D eigenvalue weighted by Crippen LogP contribution is 2.39. The Kier molecular flexibility index (Phi) is 9.41. The van der Waals surface area contributed by atoms with Crippen molar-refractivity contribution in [3.63, 3.8) is 0 Å². The van der Waals surface area contributed by atoms with E-state index in [4.69, 9.17) is 9.47 Å². The topological polar surface area (TPSA) is 58.9 Å². The second-order valence-electron chi connectivity index (χ2n) is 10.3. The van der Waals surface area contributed by atoms with Crippen LogP contribution >= 0.6 is 0 Å². The SMILES string of the molecule is COC(C)(C)C(O)CC/C(C)=C/CC/C(C)=C/CC[C@]1(C)CCc2cc(O)cc(C)c2O1. The summed E-state index contributed by atoms with van der Waals surface area (Å²) in [7, 11) is 1.65. The molecule has 2 atom stereocenters. The van der Waals surface area contributed by atoms with E-state index < -0.39 is 11.7 Å². The average Bonchev–Trinajstić information content (AvgIpc) is 2.72. The zero-order valence-electron chi connectivity index (χ0n) is 21.3. The van der Waals surface area contributed by atoms with Crippen molar-refractivity contribution < 1.29 is 19.7 Å². The number of aromatic hydroxyl groups is 1. The van der Waals surface area contributed by atoms with Gasteiger partial charge in [0.1, 0.15) is 17.1 Å². The van der Waals surface area contributed by atoms with Crippen molar-refractivity contribution in [3.05, 3.63) is 46.6 Å². The van der Waals surface area contributed by atoms with Gasteiger partial charge in [0.15, 0.2) is 0 Å². The molecule has 2 rings (SSSR count). The van der Waals surface area contributed by atoms with Gasteiger partial charge in [0.25, 0.3) is 0 Å². The molecule has 0 spiro atoms. The van der Waals surface area contributed by atoms with Crippen molar-refractivity contribution in [1.82, 2.24) is 0 Å². The van der Waals surface area contributed by atoms with Gasteiger partial charge in [-0.15, -0.1) is 0 Å². The Morgan fingerprint density at radius 2 is 1.84 bits per heavy atom. The number of aliphatic hydroxyl groups is 1. The van der Waals surface area contributed by atoms with Gasteiger partial charge in [-0.1, -0.05) is 23.3 Å². The molecule has 0 fully saturated rings. The summed E-state index contributed by atoms with van der Waals surface area (Å²) < 4.78 is 11.8. The smallest absolute Gasteiger partial charge is 0.126 e. The minimum absolute atomic E-state index is 0.154. The molecule has 1 unspecified atom stereocenters. The van der Waals surface area contributed by atoms with Crippen LogP contribution in [-0.4, -0.2) is 34.6 Å². The molecule has 0 aliphatic carbocycles. The Bertz CT molecular complexity index is 821. The third-order valence-electron chi connectivity index (χ3n) is 6.95. The second kappa shape index (κ2) is 11.4. The molecule has 1 aromatic carbocycles. The number of aliphatic hydroxyl groups excluding tert-OH is 1. The van der Waals surface area contributed by atoms with E-state index in [1.165, 1.54) is 11.1 Å². The van der Waals surface area contributed by atoms with Crippen molar-refractivity contribution in [1.29, 1.82) is 0 Å². The molecule has 1 aliphatic rings. The van der Waals surface area contributed by atoms with Crippen molar-refractivity contribution in [3.8, 4) is 11.5 Å². The molecule has 0 saturated heterocycles. The number of hydrogen-bond acceptors (Lipinski definition) is 4. The Hall–Kier alpha value is -1.78. The Balaban J connectivity index is 1.77. The third kappa shape index (κ3) is 7.67. The van der Waals surface area contributed by atoms with Crippen molar-refractivity contribution in [2.75, 3.05) is 7.11 Å². The third-order valence-corrected chi connectivity index (χ3v) is 6.95. The van der Waals surface area contributed by atoms with Crippen molar-refractivity contribution >= 4 is 0 Å². The number of fused-ring (bicyclic) bond motifs is 1. The van der Waals surface area contributed by atoms with Gasteiger partial charge in [-0.3, -0.25) is 0 Å². The minimum atomic E-state index is -0.499. The monoisotopic (exact) mass is 444 g/mol. The van der Waals surface area contributed by atoms with E-state index in [0.717, 1.165) is 68.2 Å². The molecule has 0 radical (unpaired) electrons. The van der Waals surface area contributed by atoms with Crippen molar-refractivity contribution in [2.24, 2.45) is 0 Å². The van der Waals surface area contributed by atoms with E-state index in [9.17, 15) is 10.2 Å². The maximum Gasteiger partial charge on any atom is 0.126 e. The zero-order chi connectivity index (χ0) is 23.9. The van der Waals surface area contributed by atoms with Gasteiger partial charge in [0.2, 0.25) is 0 Å². The fourth-order valence-electron chi connectivity index (χ4n) is 4.25. The molecule has 180 valence electrons. The van der Waals surface area contributed by atoms with Gasteiger partial charge in [-0.25, -0.2) is 0 Å². The maximum absolute atomic E-state index is 10.3. The first-order chi connectivity index (χ1) is 15.0. The fourth-order valence-corrected chi connectivity index (χ4v) is 4.25. The number of rotatable bonds is 11. The lowest BCUT2D eigenvalue weighted by Gasteiger charge is -2.36. The Morgan fingerprint density at radius 1 is 1.19 bits per heavy atom. The van der Waals surface area contributed by atoms with Crippen LogP contribution in [0.15, 0.2) is 35.4 Å². The molecule has 4 heteroatoms. The summed E-state index contributed by atoms with van der Waals surface area (Å²) in [6, 6.07) is 3.62. The number of phenols is 1. The fraction of sp³-hybridized carbons (Fsp3) is 0.643. The predicted octanol–water partition coefficient (Wildman–Crippen LogP) is 6.80. The number of phenolic OH excluding ortho intramolecular Hbond substituents is 1. The first kappa shape index (κ1) is 26.5. The van der Waals surface area contributed by atoms with Crippen LogP contribution in [0.1, 0.15) is 90.7 Å². The summed E-state index contributed by atoms with van der Waals surface area (Å²) in [4.78, 5) is 0. The molecule has 32 heavy (non-hydrogen) atoms. The lowest BCUT2D eigenvalue weighted by Crippen LogP contribution is -2.37. The molecule has 0 saturated carbocycles. The molecule has 4 nitrogen and oxygen atoms in total. The van der Waals surface area contributed by atoms with E-state index in [2.05, 4.69) is 32.9 Å². The van der Waals surface area contributed by atoms with Gasteiger partial charge in [0, 0.05) is 7.11 Å². The highest BCUT2D eigenvalue weighted by molar-refractivity contribution is 5.47. The lowest BCUT2D eigenvalue weighted by molar-refractivity contribution is -0.0797. The summed E-state index contributed by atoms with van der Waals surface area (Å²) in [5.74, 6) is 1.28. The molecule has 1 heterocycles. The molecule has 1 aliphatic heterocycles. The lowest BCUT2D eigenvalue weighted by atomic mass is 9.87. The number of benzene rings is 1. The Labute approximate surface area is 195 Å². The summed E-state index contributed by atoms with van der Waals surface area (Å²) in [6.07, 6.45) is 11.8. The number of aryl methyl sites for hydroxylation is 2. The van der Waals surface area contributed by atoms with Gasteiger partial charge in [-0.2, -0.15) is 0 Å². The predicted molar refractivity (Wildman–Crippen MR) is 133 cm³/mol. The van der Waals surface area contributed by atoms with E-state index in [1.807, 2.05) is 26.8 Å². The average molecular weight is 445 g/mol. The largest absolute Gasteiger partial charge is 0.508 e. The molecular weight excluding hydrogens is 400 g/mol. The first-order valence-corrected chi connectivity index (χ1v) is 12.0. The van der Waals surface area contributed by atoms with E-state index in [1.54, 1.807) is 13.2 Å². The summed E-state index contributed by atoms with van der Waals surface area (Å²) >= 11 is 0. The van der Waals surface area contributed by atoms with Crippen LogP contribution in [0.3, 0.4) is 0 Å². The number of hydrogen-bond donors (Lipinski definition) is 2. The van der Waals surface area contributed by atoms with Crippen LogP contribution in [-0.2, 0) is 11.2 Å². The molecule has 1 aromatic rings. The van der Waals surface area contributed by atoms with Crippen LogP contribution in [0, 0.1) is 6.92 Å². The number of methoxy groups -OCH3 is 1. The van der Waals surface area contributed by atoms with E-state index >= 15 is 0 Å². The molecule has 0 aromatic heterocycles. The van der Waals surface area contributed by atoms with Gasteiger partial charge < -0.3 is 19.7 Å². The minimum Gasteiger partial charge on any atom is -0.508 e. The van der Waals surface area contributed by atoms with E-state index in [-0.39, 0.29) is 5.60 Å². The zero-order valence-corrected chi connectivity index (χ0v) is 21.3. The summed E-state index contributed by atoms with van der Waals surface area (Å²) in [6.45, 7) is 12.4. The van der Waals surface area contributed by atoms with Crippen LogP contribution in [0.5, 0.6) is 11.5 Å². The Morgan fingerprint density at radius 3 is 2.53 bits per heavy atom. The quantitative estimate of drug-likeness (QED) is 0.368. The number of allylic oxidation sites excluding steroid dienone is 4. The molecule has 0 bridgehead atoms.